The standard InChI is InChI=1S/C11H16FNO/c1-13-8-11(14)10-4-2-9(3-5-10)6-7-12/h2-5,11,13-14H,6-8H2,1H3. The van der Waals surface area contributed by atoms with Crippen LogP contribution in [0.1, 0.15) is 17.2 Å². The molecule has 1 aromatic carbocycles. The Balaban J connectivity index is 2.62. The van der Waals surface area contributed by atoms with E-state index >= 15 is 0 Å². The third kappa shape index (κ3) is 3.09. The van der Waals surface area contributed by atoms with Gasteiger partial charge in [-0.05, 0) is 18.2 Å². The predicted molar refractivity (Wildman–Crippen MR) is 55.0 cm³/mol. The molecule has 0 fully saturated rings. The van der Waals surface area contributed by atoms with Gasteiger partial charge in [0.15, 0.2) is 0 Å². The molecule has 78 valence electrons. The number of nitrogens with one attached hydrogen (secondary N) is 1. The van der Waals surface area contributed by atoms with E-state index in [-0.39, 0.29) is 6.67 Å². The normalized spacial score (nSPS) is 12.8. The largest absolute Gasteiger partial charge is 0.387 e. The molecule has 3 heteroatoms. The van der Waals surface area contributed by atoms with E-state index < -0.39 is 6.10 Å². The van der Waals surface area contributed by atoms with E-state index in [0.29, 0.717) is 13.0 Å². The molecule has 0 aromatic heterocycles. The van der Waals surface area contributed by atoms with Crippen molar-refractivity contribution in [2.24, 2.45) is 0 Å². The fourth-order valence-corrected chi connectivity index (χ4v) is 1.33. The Bertz CT molecular complexity index is 260. The summed E-state index contributed by atoms with van der Waals surface area (Å²) in [5.74, 6) is 0. The average Bonchev–Trinajstić information content (AvgIpc) is 2.20. The zero-order valence-corrected chi connectivity index (χ0v) is 8.33. The number of benzene rings is 1. The van der Waals surface area contributed by atoms with Crippen molar-refractivity contribution in [3.8, 4) is 0 Å². The van der Waals surface area contributed by atoms with Crippen molar-refractivity contribution in [3.63, 3.8) is 0 Å². The molecule has 1 atom stereocenters. The van der Waals surface area contributed by atoms with Gasteiger partial charge in [-0.1, -0.05) is 24.3 Å². The summed E-state index contributed by atoms with van der Waals surface area (Å²) in [4.78, 5) is 0. The van der Waals surface area contributed by atoms with Crippen LogP contribution in [0.25, 0.3) is 0 Å². The highest BCUT2D eigenvalue weighted by Gasteiger charge is 2.05. The second-order valence-corrected chi connectivity index (χ2v) is 3.25. The zero-order valence-electron chi connectivity index (χ0n) is 8.33. The molecule has 0 amide bonds. The number of rotatable bonds is 5. The highest BCUT2D eigenvalue weighted by molar-refractivity contribution is 5.24. The lowest BCUT2D eigenvalue weighted by Crippen LogP contribution is -2.16. The summed E-state index contributed by atoms with van der Waals surface area (Å²) in [5, 5.41) is 12.5. The van der Waals surface area contributed by atoms with Gasteiger partial charge in [0, 0.05) is 13.0 Å². The molecule has 2 nitrogen and oxygen atoms in total. The van der Waals surface area contributed by atoms with Crippen molar-refractivity contribution in [2.75, 3.05) is 20.3 Å². The molecule has 0 saturated carbocycles. The topological polar surface area (TPSA) is 32.3 Å². The van der Waals surface area contributed by atoms with Crippen molar-refractivity contribution >= 4 is 0 Å². The van der Waals surface area contributed by atoms with Gasteiger partial charge in [-0.15, -0.1) is 0 Å². The Labute approximate surface area is 83.8 Å². The molecule has 0 bridgehead atoms. The van der Waals surface area contributed by atoms with Crippen LogP contribution in [0, 0.1) is 0 Å². The number of likely N-dealkylation sites (N-methyl/N-ethyl adjacent to an activating group) is 1. The van der Waals surface area contributed by atoms with E-state index in [1.807, 2.05) is 24.3 Å². The van der Waals surface area contributed by atoms with Gasteiger partial charge in [-0.3, -0.25) is 4.39 Å². The van der Waals surface area contributed by atoms with Crippen molar-refractivity contribution in [2.45, 2.75) is 12.5 Å². The summed E-state index contributed by atoms with van der Waals surface area (Å²) < 4.78 is 12.0. The van der Waals surface area contributed by atoms with Crippen LogP contribution in [0.3, 0.4) is 0 Å². The summed E-state index contributed by atoms with van der Waals surface area (Å²) in [6.07, 6.45) is -0.0398. The van der Waals surface area contributed by atoms with Crippen LogP contribution in [0.2, 0.25) is 0 Å². The van der Waals surface area contributed by atoms with E-state index in [4.69, 9.17) is 0 Å². The third-order valence-electron chi connectivity index (χ3n) is 2.15. The number of aryl methyl sites for hydroxylation is 1. The Morgan fingerprint density at radius 1 is 1.36 bits per heavy atom. The molecular weight excluding hydrogens is 181 g/mol. The molecule has 0 heterocycles. The second-order valence-electron chi connectivity index (χ2n) is 3.25. The van der Waals surface area contributed by atoms with Crippen LogP contribution in [-0.2, 0) is 6.42 Å². The summed E-state index contributed by atoms with van der Waals surface area (Å²) in [6, 6.07) is 7.39. The van der Waals surface area contributed by atoms with Gasteiger partial charge >= 0.3 is 0 Å². The molecule has 0 aliphatic heterocycles. The van der Waals surface area contributed by atoms with Crippen LogP contribution in [-0.4, -0.2) is 25.4 Å². The monoisotopic (exact) mass is 197 g/mol. The molecule has 0 aliphatic rings. The van der Waals surface area contributed by atoms with Gasteiger partial charge in [0.2, 0.25) is 0 Å². The number of aliphatic hydroxyl groups excluding tert-OH is 1. The molecule has 0 aliphatic carbocycles. The number of hydrogen-bond acceptors (Lipinski definition) is 2. The molecule has 1 aromatic rings. The Kier molecular flexibility index (Phi) is 4.56. The highest BCUT2D eigenvalue weighted by atomic mass is 19.1. The SMILES string of the molecule is CNCC(O)c1ccc(CCF)cc1. The van der Waals surface area contributed by atoms with E-state index in [9.17, 15) is 9.50 Å². The van der Waals surface area contributed by atoms with Crippen molar-refractivity contribution in [1.82, 2.24) is 5.32 Å². The summed E-state index contributed by atoms with van der Waals surface area (Å²) in [5.41, 5.74) is 1.83. The lowest BCUT2D eigenvalue weighted by Gasteiger charge is -2.10. The number of aliphatic hydroxyl groups is 1. The molecule has 0 spiro atoms. The van der Waals surface area contributed by atoms with E-state index in [1.165, 1.54) is 0 Å². The van der Waals surface area contributed by atoms with Crippen molar-refractivity contribution in [3.05, 3.63) is 35.4 Å². The highest BCUT2D eigenvalue weighted by Crippen LogP contribution is 2.13. The molecule has 0 saturated heterocycles. The van der Waals surface area contributed by atoms with Gasteiger partial charge in [-0.2, -0.15) is 0 Å². The number of halogens is 1. The maximum absolute atomic E-state index is 12.0. The Morgan fingerprint density at radius 2 is 2.00 bits per heavy atom. The molecular formula is C11H16FNO. The second kappa shape index (κ2) is 5.73. The first-order chi connectivity index (χ1) is 6.77. The minimum Gasteiger partial charge on any atom is -0.387 e. The first kappa shape index (κ1) is 11.1. The van der Waals surface area contributed by atoms with Crippen molar-refractivity contribution in [1.29, 1.82) is 0 Å². The summed E-state index contributed by atoms with van der Waals surface area (Å²) in [6.45, 7) is 0.195. The van der Waals surface area contributed by atoms with Gasteiger partial charge in [-0.25, -0.2) is 0 Å². The van der Waals surface area contributed by atoms with Gasteiger partial charge in [0.1, 0.15) is 0 Å². The lowest BCUT2D eigenvalue weighted by atomic mass is 10.1. The summed E-state index contributed by atoms with van der Waals surface area (Å²) in [7, 11) is 1.79. The maximum Gasteiger partial charge on any atom is 0.0934 e. The molecule has 1 rings (SSSR count). The van der Waals surface area contributed by atoms with Crippen LogP contribution in [0.15, 0.2) is 24.3 Å². The quantitative estimate of drug-likeness (QED) is 0.749. The Morgan fingerprint density at radius 3 is 2.50 bits per heavy atom. The third-order valence-corrected chi connectivity index (χ3v) is 2.15. The fourth-order valence-electron chi connectivity index (χ4n) is 1.33. The van der Waals surface area contributed by atoms with E-state index in [2.05, 4.69) is 5.32 Å². The van der Waals surface area contributed by atoms with Crippen LogP contribution in [0.4, 0.5) is 4.39 Å². The number of hydrogen-bond donors (Lipinski definition) is 2. The van der Waals surface area contributed by atoms with Crippen LogP contribution < -0.4 is 5.32 Å². The average molecular weight is 197 g/mol. The zero-order chi connectivity index (χ0) is 10.4. The van der Waals surface area contributed by atoms with Crippen molar-refractivity contribution < 1.29 is 9.50 Å². The lowest BCUT2D eigenvalue weighted by molar-refractivity contribution is 0.178. The molecule has 14 heavy (non-hydrogen) atoms. The smallest absolute Gasteiger partial charge is 0.0934 e. The minimum absolute atomic E-state index is 0.335. The van der Waals surface area contributed by atoms with E-state index in [0.717, 1.165) is 11.1 Å². The fraction of sp³-hybridized carbons (Fsp3) is 0.455. The van der Waals surface area contributed by atoms with E-state index in [1.54, 1.807) is 7.05 Å². The molecule has 2 N–H and O–H groups in total. The number of alkyl halides is 1. The first-order valence-corrected chi connectivity index (χ1v) is 4.75. The predicted octanol–water partition coefficient (Wildman–Crippen LogP) is 1.45. The summed E-state index contributed by atoms with van der Waals surface area (Å²) >= 11 is 0. The van der Waals surface area contributed by atoms with Gasteiger partial charge in [0.05, 0.1) is 12.8 Å². The molecule has 1 unspecified atom stereocenters. The molecule has 0 radical (unpaired) electrons. The Hall–Kier alpha value is -0.930. The van der Waals surface area contributed by atoms with Crippen LogP contribution >= 0.6 is 0 Å². The van der Waals surface area contributed by atoms with Gasteiger partial charge < -0.3 is 10.4 Å². The van der Waals surface area contributed by atoms with Gasteiger partial charge in [0.25, 0.3) is 0 Å². The minimum atomic E-state index is -0.487. The first-order valence-electron chi connectivity index (χ1n) is 4.75. The maximum atomic E-state index is 12.0. The van der Waals surface area contributed by atoms with Crippen LogP contribution in [0.5, 0.6) is 0 Å².